The van der Waals surface area contributed by atoms with Crippen molar-refractivity contribution in [1.82, 2.24) is 4.90 Å². The van der Waals surface area contributed by atoms with Gasteiger partial charge >= 0.3 is 0 Å². The molecular formula is C17H31N. The van der Waals surface area contributed by atoms with E-state index in [0.717, 1.165) is 0 Å². The van der Waals surface area contributed by atoms with Gasteiger partial charge in [0.05, 0.1) is 0 Å². The molecule has 0 aromatic carbocycles. The molecule has 3 aliphatic rings. The molecule has 2 atom stereocenters. The zero-order chi connectivity index (χ0) is 12.9. The Morgan fingerprint density at radius 2 is 1.39 bits per heavy atom. The molecule has 0 aromatic rings. The van der Waals surface area contributed by atoms with E-state index in [2.05, 4.69) is 25.7 Å². The molecule has 0 spiro atoms. The molecule has 3 rings (SSSR count). The Morgan fingerprint density at radius 3 is 1.89 bits per heavy atom. The number of hydrogen-bond donors (Lipinski definition) is 0. The summed E-state index contributed by atoms with van der Waals surface area (Å²) in [5, 5.41) is 0. The lowest BCUT2D eigenvalue weighted by Crippen LogP contribution is -2.67. The summed E-state index contributed by atoms with van der Waals surface area (Å²) in [5.74, 6) is 0. The summed E-state index contributed by atoms with van der Waals surface area (Å²) < 4.78 is 0. The molecule has 3 aliphatic heterocycles. The predicted octanol–water partition coefficient (Wildman–Crippen LogP) is 4.90. The third-order valence-electron chi connectivity index (χ3n) is 6.47. The van der Waals surface area contributed by atoms with Crippen LogP contribution < -0.4 is 0 Å². The molecule has 0 amide bonds. The SMILES string of the molecule is CCCCC12CCCC3(C)CCC(C)(CCC1)N32. The fraction of sp³-hybridized carbons (Fsp3) is 1.00. The van der Waals surface area contributed by atoms with Gasteiger partial charge in [0, 0.05) is 16.6 Å². The summed E-state index contributed by atoms with van der Waals surface area (Å²) in [6.45, 7) is 7.50. The van der Waals surface area contributed by atoms with Crippen LogP contribution >= 0.6 is 0 Å². The van der Waals surface area contributed by atoms with Crippen molar-refractivity contribution in [3.63, 3.8) is 0 Å². The lowest BCUT2D eigenvalue weighted by atomic mass is 9.68. The Balaban J connectivity index is 1.95. The van der Waals surface area contributed by atoms with E-state index in [-0.39, 0.29) is 0 Å². The van der Waals surface area contributed by atoms with Crippen LogP contribution in [-0.2, 0) is 0 Å². The highest BCUT2D eigenvalue weighted by atomic mass is 15.3. The molecule has 0 radical (unpaired) electrons. The van der Waals surface area contributed by atoms with Crippen LogP contribution in [0.4, 0.5) is 0 Å². The first-order valence-electron chi connectivity index (χ1n) is 8.35. The van der Waals surface area contributed by atoms with Crippen LogP contribution in [0.1, 0.15) is 91.4 Å². The van der Waals surface area contributed by atoms with Gasteiger partial charge in [0.1, 0.15) is 0 Å². The third kappa shape index (κ3) is 1.69. The number of nitrogens with zero attached hydrogens (tertiary/aromatic N) is 1. The number of piperidine rings is 2. The summed E-state index contributed by atoms with van der Waals surface area (Å²) >= 11 is 0. The van der Waals surface area contributed by atoms with Gasteiger partial charge in [-0.25, -0.2) is 0 Å². The second-order valence-corrected chi connectivity index (χ2v) is 7.86. The van der Waals surface area contributed by atoms with Crippen LogP contribution in [0.3, 0.4) is 0 Å². The highest BCUT2D eigenvalue weighted by molar-refractivity contribution is 5.16. The van der Waals surface area contributed by atoms with E-state index in [9.17, 15) is 0 Å². The minimum absolute atomic E-state index is 0.543. The number of rotatable bonds is 3. The molecule has 0 bridgehead atoms. The summed E-state index contributed by atoms with van der Waals surface area (Å²) in [7, 11) is 0. The van der Waals surface area contributed by atoms with Gasteiger partial charge in [0.15, 0.2) is 0 Å². The fourth-order valence-electron chi connectivity index (χ4n) is 5.85. The van der Waals surface area contributed by atoms with Gasteiger partial charge in [-0.3, -0.25) is 4.90 Å². The molecule has 0 N–H and O–H groups in total. The van der Waals surface area contributed by atoms with E-state index < -0.39 is 0 Å². The second-order valence-electron chi connectivity index (χ2n) is 7.86. The van der Waals surface area contributed by atoms with Gasteiger partial charge in [-0.2, -0.15) is 0 Å². The quantitative estimate of drug-likeness (QED) is 0.688. The molecule has 1 nitrogen and oxygen atoms in total. The normalized spacial score (nSPS) is 48.2. The van der Waals surface area contributed by atoms with Crippen molar-refractivity contribution in [2.45, 2.75) is 108 Å². The van der Waals surface area contributed by atoms with Crippen LogP contribution in [0.2, 0.25) is 0 Å². The van der Waals surface area contributed by atoms with Crippen molar-refractivity contribution in [3.8, 4) is 0 Å². The molecule has 3 fully saturated rings. The van der Waals surface area contributed by atoms with E-state index in [0.29, 0.717) is 16.6 Å². The number of unbranched alkanes of at least 4 members (excludes halogenated alkanes) is 1. The van der Waals surface area contributed by atoms with Crippen molar-refractivity contribution in [1.29, 1.82) is 0 Å². The van der Waals surface area contributed by atoms with Crippen LogP contribution in [0.5, 0.6) is 0 Å². The van der Waals surface area contributed by atoms with E-state index in [1.54, 1.807) is 0 Å². The first-order chi connectivity index (χ1) is 8.55. The molecule has 1 heteroatoms. The largest absolute Gasteiger partial charge is 0.287 e. The number of hydrogen-bond acceptors (Lipinski definition) is 1. The first-order valence-corrected chi connectivity index (χ1v) is 8.35. The average Bonchev–Trinajstić information content (AvgIpc) is 2.62. The minimum Gasteiger partial charge on any atom is -0.287 e. The summed E-state index contributed by atoms with van der Waals surface area (Å²) in [6.07, 6.45) is 16.0. The monoisotopic (exact) mass is 249 g/mol. The molecular weight excluding hydrogens is 218 g/mol. The molecule has 3 saturated heterocycles. The summed E-state index contributed by atoms with van der Waals surface area (Å²) in [6, 6.07) is 0. The van der Waals surface area contributed by atoms with Gasteiger partial charge < -0.3 is 0 Å². The maximum absolute atomic E-state index is 3.07. The van der Waals surface area contributed by atoms with E-state index in [1.807, 2.05) is 0 Å². The Hall–Kier alpha value is -0.0400. The van der Waals surface area contributed by atoms with Gasteiger partial charge in [0.2, 0.25) is 0 Å². The molecule has 104 valence electrons. The van der Waals surface area contributed by atoms with Crippen LogP contribution in [0.15, 0.2) is 0 Å². The van der Waals surface area contributed by atoms with Crippen LogP contribution in [0, 0.1) is 0 Å². The van der Waals surface area contributed by atoms with E-state index in [1.165, 1.54) is 70.6 Å². The highest BCUT2D eigenvalue weighted by Crippen LogP contribution is 2.59. The zero-order valence-corrected chi connectivity index (χ0v) is 12.7. The predicted molar refractivity (Wildman–Crippen MR) is 77.8 cm³/mol. The Bertz CT molecular complexity index is 300. The molecule has 0 aliphatic carbocycles. The molecule has 18 heavy (non-hydrogen) atoms. The summed E-state index contributed by atoms with van der Waals surface area (Å²) in [5.41, 5.74) is 1.68. The fourth-order valence-corrected chi connectivity index (χ4v) is 5.85. The molecule has 3 heterocycles. The van der Waals surface area contributed by atoms with Crippen LogP contribution in [-0.4, -0.2) is 21.5 Å². The topological polar surface area (TPSA) is 3.24 Å². The second kappa shape index (κ2) is 4.23. The lowest BCUT2D eigenvalue weighted by Gasteiger charge is -2.62. The molecule has 0 saturated carbocycles. The first kappa shape index (κ1) is 13.0. The third-order valence-corrected chi connectivity index (χ3v) is 6.47. The zero-order valence-electron chi connectivity index (χ0n) is 12.7. The Kier molecular flexibility index (Phi) is 3.05. The van der Waals surface area contributed by atoms with Crippen molar-refractivity contribution >= 4 is 0 Å². The van der Waals surface area contributed by atoms with Gasteiger partial charge in [-0.05, 0) is 71.6 Å². The van der Waals surface area contributed by atoms with E-state index in [4.69, 9.17) is 0 Å². The van der Waals surface area contributed by atoms with Gasteiger partial charge in [-0.15, -0.1) is 0 Å². The lowest BCUT2D eigenvalue weighted by molar-refractivity contribution is -0.120. The van der Waals surface area contributed by atoms with Crippen molar-refractivity contribution in [2.24, 2.45) is 0 Å². The maximum Gasteiger partial charge on any atom is 0.0220 e. The van der Waals surface area contributed by atoms with Crippen LogP contribution in [0.25, 0.3) is 0 Å². The minimum atomic E-state index is 0.543. The van der Waals surface area contributed by atoms with Crippen molar-refractivity contribution < 1.29 is 0 Å². The average molecular weight is 249 g/mol. The van der Waals surface area contributed by atoms with E-state index >= 15 is 0 Å². The van der Waals surface area contributed by atoms with Crippen molar-refractivity contribution in [2.75, 3.05) is 0 Å². The standard InChI is InChI=1S/C17H31N/c1-4-5-10-17-11-6-8-15(2)13-14-16(3,18(15)17)9-7-12-17/h4-14H2,1-3H3. The maximum atomic E-state index is 3.07. The smallest absolute Gasteiger partial charge is 0.0220 e. The molecule has 0 aromatic heterocycles. The highest BCUT2D eigenvalue weighted by Gasteiger charge is 2.60. The molecule has 2 unspecified atom stereocenters. The Morgan fingerprint density at radius 1 is 0.833 bits per heavy atom. The van der Waals surface area contributed by atoms with Crippen molar-refractivity contribution in [3.05, 3.63) is 0 Å². The Labute approximate surface area is 113 Å². The van der Waals surface area contributed by atoms with Gasteiger partial charge in [-0.1, -0.05) is 19.8 Å². The van der Waals surface area contributed by atoms with Gasteiger partial charge in [0.25, 0.3) is 0 Å². The summed E-state index contributed by atoms with van der Waals surface area (Å²) in [4.78, 5) is 3.07.